The van der Waals surface area contributed by atoms with E-state index in [9.17, 15) is 4.79 Å². The minimum absolute atomic E-state index is 0.113. The van der Waals surface area contributed by atoms with Gasteiger partial charge in [-0.2, -0.15) is 0 Å². The Morgan fingerprint density at radius 3 is 2.57 bits per heavy atom. The molecule has 0 N–H and O–H groups in total. The normalized spacial score (nSPS) is 12.8. The molecule has 1 atom stereocenters. The molecular weight excluding hydrogens is 350 g/mol. The second kappa shape index (κ2) is 6.88. The third-order valence-corrected chi connectivity index (χ3v) is 5.31. The number of hydrogen-bond acceptors (Lipinski definition) is 1. The highest BCUT2D eigenvalue weighted by atomic mass is 79.9. The van der Waals surface area contributed by atoms with Crippen molar-refractivity contribution in [2.75, 3.05) is 0 Å². The van der Waals surface area contributed by atoms with E-state index in [-0.39, 0.29) is 10.7 Å². The lowest BCUT2D eigenvalue weighted by molar-refractivity contribution is 0.101. The SMILES string of the molecule is CCCCCC(Br)n1c2ccccc2c2cc(C(C)=O)ccc21. The van der Waals surface area contributed by atoms with Gasteiger partial charge in [0.1, 0.15) is 0 Å². The van der Waals surface area contributed by atoms with Gasteiger partial charge in [0, 0.05) is 16.3 Å². The minimum Gasteiger partial charge on any atom is -0.327 e. The first-order valence-corrected chi connectivity index (χ1v) is 9.22. The number of halogens is 1. The molecule has 0 radical (unpaired) electrons. The lowest BCUT2D eigenvalue weighted by Crippen LogP contribution is -2.02. The molecule has 0 amide bonds. The van der Waals surface area contributed by atoms with E-state index in [2.05, 4.69) is 57.8 Å². The Bertz CT molecular complexity index is 849. The maximum absolute atomic E-state index is 11.7. The zero-order chi connectivity index (χ0) is 16.4. The summed E-state index contributed by atoms with van der Waals surface area (Å²) < 4.78 is 2.37. The van der Waals surface area contributed by atoms with Crippen molar-refractivity contribution in [1.29, 1.82) is 0 Å². The van der Waals surface area contributed by atoms with Crippen LogP contribution in [0.1, 0.15) is 54.8 Å². The molecule has 0 aliphatic rings. The fourth-order valence-corrected chi connectivity index (χ4v) is 3.98. The lowest BCUT2D eigenvalue weighted by Gasteiger charge is -2.15. The van der Waals surface area contributed by atoms with Gasteiger partial charge >= 0.3 is 0 Å². The van der Waals surface area contributed by atoms with E-state index in [1.165, 1.54) is 35.7 Å². The molecule has 0 aliphatic carbocycles. The monoisotopic (exact) mass is 371 g/mol. The molecule has 3 rings (SSSR count). The van der Waals surface area contributed by atoms with Crippen LogP contribution >= 0.6 is 15.9 Å². The summed E-state index contributed by atoms with van der Waals surface area (Å²) in [5.74, 6) is 0.113. The number of benzene rings is 2. The third kappa shape index (κ3) is 3.07. The molecule has 3 aromatic rings. The predicted molar refractivity (Wildman–Crippen MR) is 102 cm³/mol. The highest BCUT2D eigenvalue weighted by Gasteiger charge is 2.16. The number of aromatic nitrogens is 1. The molecule has 0 saturated carbocycles. The number of unbranched alkanes of at least 4 members (excludes halogenated alkanes) is 2. The first-order chi connectivity index (χ1) is 11.1. The molecule has 3 heteroatoms. The fraction of sp³-hybridized carbons (Fsp3) is 0.350. The van der Waals surface area contributed by atoms with Crippen LogP contribution in [-0.4, -0.2) is 10.4 Å². The summed E-state index contributed by atoms with van der Waals surface area (Å²) in [4.78, 5) is 12.0. The number of nitrogens with zero attached hydrogens (tertiary/aromatic N) is 1. The van der Waals surface area contributed by atoms with Crippen LogP contribution in [0, 0.1) is 0 Å². The Morgan fingerprint density at radius 2 is 1.83 bits per heavy atom. The van der Waals surface area contributed by atoms with E-state index in [0.29, 0.717) is 0 Å². The molecule has 0 aliphatic heterocycles. The van der Waals surface area contributed by atoms with Crippen LogP contribution in [0.5, 0.6) is 0 Å². The van der Waals surface area contributed by atoms with Crippen LogP contribution in [-0.2, 0) is 0 Å². The summed E-state index contributed by atoms with van der Waals surface area (Å²) in [6, 6.07) is 14.5. The smallest absolute Gasteiger partial charge is 0.159 e. The van der Waals surface area contributed by atoms with Crippen LogP contribution in [0.25, 0.3) is 21.8 Å². The number of ketones is 1. The molecule has 0 bridgehead atoms. The summed E-state index contributed by atoms with van der Waals surface area (Å²) >= 11 is 3.88. The van der Waals surface area contributed by atoms with Crippen molar-refractivity contribution in [1.82, 2.24) is 4.57 Å². The molecular formula is C20H22BrNO. The molecule has 1 unspecified atom stereocenters. The molecule has 2 nitrogen and oxygen atoms in total. The molecule has 1 aromatic heterocycles. The van der Waals surface area contributed by atoms with Crippen LogP contribution in [0.15, 0.2) is 42.5 Å². The Hall–Kier alpha value is -1.61. The first kappa shape index (κ1) is 16.3. The Morgan fingerprint density at radius 1 is 1.09 bits per heavy atom. The predicted octanol–water partition coefficient (Wildman–Crippen LogP) is 6.47. The summed E-state index contributed by atoms with van der Waals surface area (Å²) in [5.41, 5.74) is 3.19. The van der Waals surface area contributed by atoms with Crippen molar-refractivity contribution in [3.8, 4) is 0 Å². The van der Waals surface area contributed by atoms with Crippen molar-refractivity contribution < 1.29 is 4.79 Å². The van der Waals surface area contributed by atoms with Gasteiger partial charge in [-0.15, -0.1) is 0 Å². The summed E-state index contributed by atoms with van der Waals surface area (Å²) in [6.07, 6.45) is 4.81. The maximum Gasteiger partial charge on any atom is 0.159 e. The molecule has 1 heterocycles. The number of alkyl halides is 1. The number of rotatable bonds is 6. The van der Waals surface area contributed by atoms with Gasteiger partial charge in [0.15, 0.2) is 5.78 Å². The second-order valence-corrected chi connectivity index (χ2v) is 7.16. The third-order valence-electron chi connectivity index (χ3n) is 4.44. The number of Topliss-reactive ketones (excluding diaryl/α,β-unsaturated/α-hetero) is 1. The van der Waals surface area contributed by atoms with Gasteiger partial charge in [-0.25, -0.2) is 0 Å². The van der Waals surface area contributed by atoms with Crippen LogP contribution in [0.4, 0.5) is 0 Å². The number of carbonyl (C=O) groups is 1. The highest BCUT2D eigenvalue weighted by molar-refractivity contribution is 9.09. The maximum atomic E-state index is 11.7. The van der Waals surface area contributed by atoms with Gasteiger partial charge < -0.3 is 4.57 Å². The zero-order valence-electron chi connectivity index (χ0n) is 13.7. The number of carbonyl (C=O) groups excluding carboxylic acids is 1. The molecule has 2 aromatic carbocycles. The van der Waals surface area contributed by atoms with Crippen LogP contribution in [0.2, 0.25) is 0 Å². The van der Waals surface area contributed by atoms with E-state index in [1.807, 2.05) is 12.1 Å². The fourth-order valence-electron chi connectivity index (χ4n) is 3.22. The average molecular weight is 372 g/mol. The Labute approximate surface area is 145 Å². The van der Waals surface area contributed by atoms with E-state index in [4.69, 9.17) is 0 Å². The summed E-state index contributed by atoms with van der Waals surface area (Å²) in [7, 11) is 0. The minimum atomic E-state index is 0.113. The Kier molecular flexibility index (Phi) is 4.86. The number of hydrogen-bond donors (Lipinski definition) is 0. The Balaban J connectivity index is 2.16. The summed E-state index contributed by atoms with van der Waals surface area (Å²) in [6.45, 7) is 3.85. The number of para-hydroxylation sites is 1. The summed E-state index contributed by atoms with van der Waals surface area (Å²) in [5, 5.41) is 2.37. The van der Waals surface area contributed by atoms with Crippen LogP contribution in [0.3, 0.4) is 0 Å². The van der Waals surface area contributed by atoms with E-state index >= 15 is 0 Å². The zero-order valence-corrected chi connectivity index (χ0v) is 15.3. The first-order valence-electron chi connectivity index (χ1n) is 8.31. The number of fused-ring (bicyclic) bond motifs is 3. The van der Waals surface area contributed by atoms with Gasteiger partial charge in [0.2, 0.25) is 0 Å². The lowest BCUT2D eigenvalue weighted by atomic mass is 10.1. The van der Waals surface area contributed by atoms with E-state index in [0.717, 1.165) is 17.4 Å². The highest BCUT2D eigenvalue weighted by Crippen LogP contribution is 2.36. The molecule has 23 heavy (non-hydrogen) atoms. The van der Waals surface area contributed by atoms with E-state index < -0.39 is 0 Å². The quantitative estimate of drug-likeness (QED) is 0.276. The topological polar surface area (TPSA) is 22.0 Å². The van der Waals surface area contributed by atoms with E-state index in [1.54, 1.807) is 6.92 Å². The average Bonchev–Trinajstić information content (AvgIpc) is 2.88. The van der Waals surface area contributed by atoms with Crippen molar-refractivity contribution in [3.63, 3.8) is 0 Å². The molecule has 0 fully saturated rings. The van der Waals surface area contributed by atoms with Crippen molar-refractivity contribution in [2.45, 2.75) is 44.5 Å². The van der Waals surface area contributed by atoms with Crippen molar-refractivity contribution in [3.05, 3.63) is 48.0 Å². The van der Waals surface area contributed by atoms with Gasteiger partial charge in [-0.05, 0) is 37.6 Å². The van der Waals surface area contributed by atoms with Gasteiger partial charge in [0.25, 0.3) is 0 Å². The molecule has 0 saturated heterocycles. The standard InChI is InChI=1S/C20H22BrNO/c1-3-4-5-10-20(21)22-18-9-7-6-8-16(18)17-13-15(14(2)23)11-12-19(17)22/h6-9,11-13,20H,3-5,10H2,1-2H3. The molecule has 120 valence electrons. The van der Waals surface area contributed by atoms with Crippen molar-refractivity contribution >= 4 is 43.5 Å². The largest absolute Gasteiger partial charge is 0.327 e. The van der Waals surface area contributed by atoms with Gasteiger partial charge in [-0.1, -0.05) is 60.3 Å². The van der Waals surface area contributed by atoms with Crippen LogP contribution < -0.4 is 0 Å². The molecule has 0 spiro atoms. The van der Waals surface area contributed by atoms with Gasteiger partial charge in [-0.3, -0.25) is 4.79 Å². The van der Waals surface area contributed by atoms with Gasteiger partial charge in [0.05, 0.1) is 16.0 Å². The second-order valence-electron chi connectivity index (χ2n) is 6.11. The van der Waals surface area contributed by atoms with Crippen molar-refractivity contribution in [2.24, 2.45) is 0 Å².